The SMILES string of the molecule is O=C(NCc1ccc(S(=O)(=O)N2CCCCC2)cc1)C1CCCC1. The number of nitrogens with zero attached hydrogens (tertiary/aromatic N) is 1. The Balaban J connectivity index is 1.59. The van der Waals surface area contributed by atoms with Crippen LogP contribution < -0.4 is 5.32 Å². The lowest BCUT2D eigenvalue weighted by Crippen LogP contribution is -2.35. The maximum atomic E-state index is 12.6. The van der Waals surface area contributed by atoms with Gasteiger partial charge in [-0.3, -0.25) is 4.79 Å². The van der Waals surface area contributed by atoms with E-state index in [1.54, 1.807) is 28.6 Å². The monoisotopic (exact) mass is 350 g/mol. The molecule has 1 aromatic rings. The molecule has 3 rings (SSSR count). The van der Waals surface area contributed by atoms with Gasteiger partial charge in [-0.25, -0.2) is 8.42 Å². The van der Waals surface area contributed by atoms with Crippen LogP contribution in [0, 0.1) is 5.92 Å². The second-order valence-corrected chi connectivity index (χ2v) is 8.75. The summed E-state index contributed by atoms with van der Waals surface area (Å²) in [6.07, 6.45) is 7.22. The van der Waals surface area contributed by atoms with E-state index in [-0.39, 0.29) is 11.8 Å². The number of piperidine rings is 1. The summed E-state index contributed by atoms with van der Waals surface area (Å²) in [5, 5.41) is 2.96. The molecule has 1 N–H and O–H groups in total. The Bertz CT molecular complexity index is 658. The summed E-state index contributed by atoms with van der Waals surface area (Å²) >= 11 is 0. The van der Waals surface area contributed by atoms with Gasteiger partial charge in [0.05, 0.1) is 4.90 Å². The number of hydrogen-bond acceptors (Lipinski definition) is 3. The predicted molar refractivity (Wildman–Crippen MR) is 92.9 cm³/mol. The molecule has 0 spiro atoms. The molecule has 1 aromatic carbocycles. The van der Waals surface area contributed by atoms with Crippen molar-refractivity contribution >= 4 is 15.9 Å². The van der Waals surface area contributed by atoms with Gasteiger partial charge < -0.3 is 5.32 Å². The molecule has 0 radical (unpaired) electrons. The van der Waals surface area contributed by atoms with Crippen LogP contribution in [0.15, 0.2) is 29.2 Å². The summed E-state index contributed by atoms with van der Waals surface area (Å²) in [7, 11) is -3.38. The number of amides is 1. The molecule has 5 nitrogen and oxygen atoms in total. The molecule has 0 unspecified atom stereocenters. The molecule has 2 aliphatic rings. The van der Waals surface area contributed by atoms with Crippen molar-refractivity contribution in [3.8, 4) is 0 Å². The van der Waals surface area contributed by atoms with Crippen LogP contribution in [-0.2, 0) is 21.4 Å². The van der Waals surface area contributed by atoms with Gasteiger partial charge in [-0.15, -0.1) is 0 Å². The summed E-state index contributed by atoms with van der Waals surface area (Å²) in [5.74, 6) is 0.279. The van der Waals surface area contributed by atoms with Crippen molar-refractivity contribution < 1.29 is 13.2 Å². The maximum absolute atomic E-state index is 12.6. The van der Waals surface area contributed by atoms with Crippen LogP contribution in [0.3, 0.4) is 0 Å². The lowest BCUT2D eigenvalue weighted by atomic mass is 10.1. The van der Waals surface area contributed by atoms with Crippen LogP contribution in [0.1, 0.15) is 50.5 Å². The molecule has 1 amide bonds. The molecule has 1 heterocycles. The minimum atomic E-state index is -3.38. The van der Waals surface area contributed by atoms with Crippen LogP contribution >= 0.6 is 0 Å². The number of carbonyl (C=O) groups is 1. The Labute approximate surface area is 144 Å². The van der Waals surface area contributed by atoms with Crippen molar-refractivity contribution in [1.29, 1.82) is 0 Å². The van der Waals surface area contributed by atoms with Crippen molar-refractivity contribution in [1.82, 2.24) is 9.62 Å². The normalized spacial score (nSPS) is 20.2. The van der Waals surface area contributed by atoms with E-state index < -0.39 is 10.0 Å². The van der Waals surface area contributed by atoms with E-state index in [0.717, 1.165) is 50.5 Å². The molecular formula is C18H26N2O3S. The smallest absolute Gasteiger partial charge is 0.243 e. The molecule has 1 aliphatic carbocycles. The van der Waals surface area contributed by atoms with E-state index >= 15 is 0 Å². The van der Waals surface area contributed by atoms with E-state index in [9.17, 15) is 13.2 Å². The van der Waals surface area contributed by atoms with Gasteiger partial charge in [0.1, 0.15) is 0 Å². The molecule has 0 aromatic heterocycles. The molecule has 0 bridgehead atoms. The van der Waals surface area contributed by atoms with E-state index in [1.165, 1.54) is 0 Å². The van der Waals surface area contributed by atoms with Gasteiger partial charge in [0.2, 0.25) is 15.9 Å². The number of rotatable bonds is 5. The van der Waals surface area contributed by atoms with Crippen molar-refractivity contribution in [3.05, 3.63) is 29.8 Å². The zero-order chi connectivity index (χ0) is 17.0. The second kappa shape index (κ2) is 7.66. The standard InChI is InChI=1S/C18H26N2O3S/c21-18(16-6-2-3-7-16)19-14-15-8-10-17(11-9-15)24(22,23)20-12-4-1-5-13-20/h8-11,16H,1-7,12-14H2,(H,19,21). The van der Waals surface area contributed by atoms with Gasteiger partial charge in [0, 0.05) is 25.6 Å². The first-order valence-electron chi connectivity index (χ1n) is 8.94. The first-order valence-corrected chi connectivity index (χ1v) is 10.4. The molecule has 24 heavy (non-hydrogen) atoms. The summed E-state index contributed by atoms with van der Waals surface area (Å²) in [6.45, 7) is 1.68. The Hall–Kier alpha value is -1.40. The van der Waals surface area contributed by atoms with E-state index in [4.69, 9.17) is 0 Å². The molecule has 1 saturated carbocycles. The van der Waals surface area contributed by atoms with Crippen molar-refractivity contribution in [2.45, 2.75) is 56.4 Å². The Morgan fingerprint density at radius 2 is 1.62 bits per heavy atom. The molecule has 1 saturated heterocycles. The quantitative estimate of drug-likeness (QED) is 0.888. The topological polar surface area (TPSA) is 66.5 Å². The Morgan fingerprint density at radius 3 is 2.25 bits per heavy atom. The number of carbonyl (C=O) groups excluding carboxylic acids is 1. The third kappa shape index (κ3) is 3.98. The summed E-state index contributed by atoms with van der Waals surface area (Å²) in [6, 6.07) is 6.90. The zero-order valence-corrected chi connectivity index (χ0v) is 14.9. The third-order valence-electron chi connectivity index (χ3n) is 5.07. The van der Waals surface area contributed by atoms with Crippen LogP contribution in [0.2, 0.25) is 0 Å². The molecule has 132 valence electrons. The van der Waals surface area contributed by atoms with E-state index in [1.807, 2.05) is 0 Å². The van der Waals surface area contributed by atoms with Crippen molar-refractivity contribution in [2.24, 2.45) is 5.92 Å². The fourth-order valence-corrected chi connectivity index (χ4v) is 5.07. The lowest BCUT2D eigenvalue weighted by Gasteiger charge is -2.25. The van der Waals surface area contributed by atoms with E-state index in [0.29, 0.717) is 24.5 Å². The summed E-state index contributed by atoms with van der Waals surface area (Å²) in [5.41, 5.74) is 0.930. The first-order chi connectivity index (χ1) is 11.6. The number of sulfonamides is 1. The highest BCUT2D eigenvalue weighted by Gasteiger charge is 2.26. The highest BCUT2D eigenvalue weighted by Crippen LogP contribution is 2.25. The first kappa shape index (κ1) is 17.4. The average molecular weight is 350 g/mol. The molecule has 6 heteroatoms. The van der Waals surface area contributed by atoms with Gasteiger partial charge in [-0.2, -0.15) is 4.31 Å². The second-order valence-electron chi connectivity index (χ2n) is 6.81. The van der Waals surface area contributed by atoms with Crippen LogP contribution in [0.5, 0.6) is 0 Å². The fraction of sp³-hybridized carbons (Fsp3) is 0.611. The van der Waals surface area contributed by atoms with E-state index in [2.05, 4.69) is 5.32 Å². The number of hydrogen-bond donors (Lipinski definition) is 1. The number of nitrogens with one attached hydrogen (secondary N) is 1. The Kier molecular flexibility index (Phi) is 5.56. The molecule has 2 fully saturated rings. The minimum Gasteiger partial charge on any atom is -0.352 e. The minimum absolute atomic E-state index is 0.123. The van der Waals surface area contributed by atoms with Gasteiger partial charge in [0.15, 0.2) is 0 Å². The van der Waals surface area contributed by atoms with Gasteiger partial charge >= 0.3 is 0 Å². The highest BCUT2D eigenvalue weighted by molar-refractivity contribution is 7.89. The zero-order valence-electron chi connectivity index (χ0n) is 14.0. The summed E-state index contributed by atoms with van der Waals surface area (Å²) < 4.78 is 26.8. The van der Waals surface area contributed by atoms with Crippen molar-refractivity contribution in [2.75, 3.05) is 13.1 Å². The summed E-state index contributed by atoms with van der Waals surface area (Å²) in [4.78, 5) is 12.4. The third-order valence-corrected chi connectivity index (χ3v) is 6.98. The average Bonchev–Trinajstić information content (AvgIpc) is 3.15. The fourth-order valence-electron chi connectivity index (χ4n) is 3.56. The maximum Gasteiger partial charge on any atom is 0.243 e. The molecular weight excluding hydrogens is 324 g/mol. The lowest BCUT2D eigenvalue weighted by molar-refractivity contribution is -0.124. The predicted octanol–water partition coefficient (Wildman–Crippen LogP) is 2.67. The molecule has 0 atom stereocenters. The highest BCUT2D eigenvalue weighted by atomic mass is 32.2. The van der Waals surface area contributed by atoms with Crippen molar-refractivity contribution in [3.63, 3.8) is 0 Å². The Morgan fingerprint density at radius 1 is 1.00 bits per heavy atom. The van der Waals surface area contributed by atoms with Crippen LogP contribution in [0.25, 0.3) is 0 Å². The largest absolute Gasteiger partial charge is 0.352 e. The van der Waals surface area contributed by atoms with Gasteiger partial charge in [-0.05, 0) is 43.4 Å². The molecule has 1 aliphatic heterocycles. The van der Waals surface area contributed by atoms with Gasteiger partial charge in [-0.1, -0.05) is 31.4 Å². The van der Waals surface area contributed by atoms with Crippen LogP contribution in [-0.4, -0.2) is 31.7 Å². The number of benzene rings is 1. The van der Waals surface area contributed by atoms with Gasteiger partial charge in [0.25, 0.3) is 0 Å². The van der Waals surface area contributed by atoms with Crippen LogP contribution in [0.4, 0.5) is 0 Å².